The van der Waals surface area contributed by atoms with Crippen LogP contribution in [0.5, 0.6) is 5.75 Å². The summed E-state index contributed by atoms with van der Waals surface area (Å²) in [4.78, 5) is 0. The number of benzene rings is 2. The van der Waals surface area contributed by atoms with Gasteiger partial charge in [-0.15, -0.1) is 0 Å². The molecular formula is C19H25NO2. The lowest BCUT2D eigenvalue weighted by molar-refractivity contribution is 0.191. The van der Waals surface area contributed by atoms with E-state index in [-0.39, 0.29) is 6.10 Å². The van der Waals surface area contributed by atoms with Gasteiger partial charge in [0.05, 0.1) is 12.7 Å². The summed E-state index contributed by atoms with van der Waals surface area (Å²) in [6.45, 7) is 4.08. The second-order valence-electron chi connectivity index (χ2n) is 5.50. The predicted molar refractivity (Wildman–Crippen MR) is 91.2 cm³/mol. The molecule has 0 bridgehead atoms. The van der Waals surface area contributed by atoms with Gasteiger partial charge in [-0.05, 0) is 49.6 Å². The molecule has 22 heavy (non-hydrogen) atoms. The van der Waals surface area contributed by atoms with Gasteiger partial charge < -0.3 is 15.2 Å². The molecule has 0 saturated carbocycles. The summed E-state index contributed by atoms with van der Waals surface area (Å²) >= 11 is 0. The Kier molecular flexibility index (Phi) is 6.94. The van der Waals surface area contributed by atoms with Gasteiger partial charge in [-0.25, -0.2) is 0 Å². The maximum Gasteiger partial charge on any atom is 0.119 e. The molecule has 0 aliphatic rings. The Balaban J connectivity index is 1.67. The van der Waals surface area contributed by atoms with Crippen molar-refractivity contribution in [1.29, 1.82) is 0 Å². The Morgan fingerprint density at radius 3 is 2.32 bits per heavy atom. The fraction of sp³-hybridized carbons (Fsp3) is 0.368. The molecule has 0 saturated heterocycles. The van der Waals surface area contributed by atoms with E-state index in [0.717, 1.165) is 31.7 Å². The van der Waals surface area contributed by atoms with Crippen LogP contribution in [0.4, 0.5) is 0 Å². The highest BCUT2D eigenvalue weighted by Gasteiger charge is 1.98. The molecule has 2 rings (SSSR count). The number of hydrogen-bond donors (Lipinski definition) is 2. The van der Waals surface area contributed by atoms with Crippen molar-refractivity contribution in [1.82, 2.24) is 5.32 Å². The highest BCUT2D eigenvalue weighted by Crippen LogP contribution is 2.22. The number of nitrogens with one attached hydrogen (secondary N) is 1. The van der Waals surface area contributed by atoms with Crippen molar-refractivity contribution in [3.8, 4) is 16.9 Å². The Hall–Kier alpha value is -1.84. The zero-order chi connectivity index (χ0) is 15.6. The second kappa shape index (κ2) is 9.23. The molecule has 3 heteroatoms. The topological polar surface area (TPSA) is 41.5 Å². The normalized spacial score (nSPS) is 12.1. The largest absolute Gasteiger partial charge is 0.494 e. The van der Waals surface area contributed by atoms with Gasteiger partial charge >= 0.3 is 0 Å². The van der Waals surface area contributed by atoms with Gasteiger partial charge in [0.25, 0.3) is 0 Å². The van der Waals surface area contributed by atoms with Crippen molar-refractivity contribution in [2.75, 3.05) is 19.7 Å². The number of aliphatic hydroxyl groups is 1. The molecule has 0 radical (unpaired) electrons. The molecule has 118 valence electrons. The monoisotopic (exact) mass is 299 g/mol. The van der Waals surface area contributed by atoms with Gasteiger partial charge in [0.1, 0.15) is 5.75 Å². The van der Waals surface area contributed by atoms with E-state index in [1.54, 1.807) is 6.92 Å². The van der Waals surface area contributed by atoms with Crippen molar-refractivity contribution in [3.05, 3.63) is 54.6 Å². The Labute approximate surface area is 133 Å². The molecule has 1 unspecified atom stereocenters. The van der Waals surface area contributed by atoms with Crippen LogP contribution in [0, 0.1) is 0 Å². The number of hydrogen-bond acceptors (Lipinski definition) is 3. The van der Waals surface area contributed by atoms with Gasteiger partial charge in [0.15, 0.2) is 0 Å². The zero-order valence-corrected chi connectivity index (χ0v) is 13.2. The Bertz CT molecular complexity index is 523. The first-order valence-corrected chi connectivity index (χ1v) is 7.93. The van der Waals surface area contributed by atoms with Crippen LogP contribution in [-0.2, 0) is 0 Å². The molecule has 0 fully saturated rings. The second-order valence-corrected chi connectivity index (χ2v) is 5.50. The fourth-order valence-corrected chi connectivity index (χ4v) is 2.23. The number of ether oxygens (including phenoxy) is 1. The minimum atomic E-state index is -0.278. The molecule has 0 aliphatic carbocycles. The van der Waals surface area contributed by atoms with Crippen LogP contribution < -0.4 is 10.1 Å². The molecular weight excluding hydrogens is 274 g/mol. The number of rotatable bonds is 9. The third kappa shape index (κ3) is 5.88. The third-order valence-electron chi connectivity index (χ3n) is 3.42. The quantitative estimate of drug-likeness (QED) is 0.697. The smallest absolute Gasteiger partial charge is 0.119 e. The molecule has 2 aromatic rings. The Morgan fingerprint density at radius 1 is 0.955 bits per heavy atom. The summed E-state index contributed by atoms with van der Waals surface area (Å²) in [5, 5.41) is 12.3. The van der Waals surface area contributed by atoms with Gasteiger partial charge in [0.2, 0.25) is 0 Å². The van der Waals surface area contributed by atoms with Crippen LogP contribution in [0.25, 0.3) is 11.1 Å². The van der Waals surface area contributed by atoms with Crippen LogP contribution in [0.15, 0.2) is 54.6 Å². The lowest BCUT2D eigenvalue weighted by atomic mass is 10.1. The van der Waals surface area contributed by atoms with Crippen LogP contribution in [0.1, 0.15) is 19.8 Å². The molecule has 0 amide bonds. The van der Waals surface area contributed by atoms with Gasteiger partial charge in [-0.2, -0.15) is 0 Å². The third-order valence-corrected chi connectivity index (χ3v) is 3.42. The summed E-state index contributed by atoms with van der Waals surface area (Å²) < 4.78 is 5.75. The minimum absolute atomic E-state index is 0.278. The van der Waals surface area contributed by atoms with E-state index in [2.05, 4.69) is 29.6 Å². The van der Waals surface area contributed by atoms with Gasteiger partial charge in [-0.1, -0.05) is 42.5 Å². The summed E-state index contributed by atoms with van der Waals surface area (Å²) in [7, 11) is 0. The predicted octanol–water partition coefficient (Wildman–Crippen LogP) is 3.48. The van der Waals surface area contributed by atoms with Crippen LogP contribution >= 0.6 is 0 Å². The average Bonchev–Trinajstić information content (AvgIpc) is 2.55. The first kappa shape index (κ1) is 16.5. The molecule has 2 N–H and O–H groups in total. The minimum Gasteiger partial charge on any atom is -0.494 e. The molecule has 0 heterocycles. The van der Waals surface area contributed by atoms with E-state index in [1.165, 1.54) is 11.1 Å². The van der Waals surface area contributed by atoms with E-state index in [9.17, 15) is 0 Å². The van der Waals surface area contributed by atoms with Crippen molar-refractivity contribution >= 4 is 0 Å². The fourth-order valence-electron chi connectivity index (χ4n) is 2.23. The zero-order valence-electron chi connectivity index (χ0n) is 13.2. The van der Waals surface area contributed by atoms with E-state index in [1.807, 2.05) is 30.3 Å². The van der Waals surface area contributed by atoms with Crippen molar-refractivity contribution in [3.63, 3.8) is 0 Å². The maximum absolute atomic E-state index is 9.12. The SMILES string of the molecule is CC(O)CNCCCCOc1ccc(-c2ccccc2)cc1. The van der Waals surface area contributed by atoms with Gasteiger partial charge in [-0.3, -0.25) is 0 Å². The van der Waals surface area contributed by atoms with E-state index in [4.69, 9.17) is 9.84 Å². The van der Waals surface area contributed by atoms with Gasteiger partial charge in [0, 0.05) is 6.54 Å². The highest BCUT2D eigenvalue weighted by atomic mass is 16.5. The summed E-state index contributed by atoms with van der Waals surface area (Å²) in [6, 6.07) is 18.6. The average molecular weight is 299 g/mol. The van der Waals surface area contributed by atoms with Crippen LogP contribution in [0.3, 0.4) is 0 Å². The van der Waals surface area contributed by atoms with E-state index in [0.29, 0.717) is 6.54 Å². The standard InChI is InChI=1S/C19H25NO2/c1-16(21)15-20-13-5-6-14-22-19-11-9-18(10-12-19)17-7-3-2-4-8-17/h2-4,7-12,16,20-21H,5-6,13-15H2,1H3. The molecule has 0 spiro atoms. The summed E-state index contributed by atoms with van der Waals surface area (Å²) in [5.41, 5.74) is 2.42. The lowest BCUT2D eigenvalue weighted by Gasteiger charge is -2.09. The van der Waals surface area contributed by atoms with Crippen LogP contribution in [0.2, 0.25) is 0 Å². The molecule has 1 atom stereocenters. The first-order valence-electron chi connectivity index (χ1n) is 7.93. The number of aliphatic hydroxyl groups excluding tert-OH is 1. The van der Waals surface area contributed by atoms with Crippen molar-refractivity contribution in [2.45, 2.75) is 25.9 Å². The van der Waals surface area contributed by atoms with E-state index < -0.39 is 0 Å². The van der Waals surface area contributed by atoms with Crippen LogP contribution in [-0.4, -0.2) is 30.9 Å². The molecule has 0 aromatic heterocycles. The molecule has 2 aromatic carbocycles. The van der Waals surface area contributed by atoms with E-state index >= 15 is 0 Å². The lowest BCUT2D eigenvalue weighted by Crippen LogP contribution is -2.25. The van der Waals surface area contributed by atoms with Crippen molar-refractivity contribution in [2.24, 2.45) is 0 Å². The first-order chi connectivity index (χ1) is 10.8. The highest BCUT2D eigenvalue weighted by molar-refractivity contribution is 5.63. The Morgan fingerprint density at radius 2 is 1.64 bits per heavy atom. The maximum atomic E-state index is 9.12. The summed E-state index contributed by atoms with van der Waals surface area (Å²) in [5.74, 6) is 0.914. The molecule has 3 nitrogen and oxygen atoms in total. The number of unbranched alkanes of at least 4 members (excludes halogenated alkanes) is 1. The van der Waals surface area contributed by atoms with Crippen molar-refractivity contribution < 1.29 is 9.84 Å². The summed E-state index contributed by atoms with van der Waals surface area (Å²) in [6.07, 6.45) is 1.78. The molecule has 0 aliphatic heterocycles.